The van der Waals surface area contributed by atoms with Crippen LogP contribution in [-0.2, 0) is 4.74 Å². The van der Waals surface area contributed by atoms with E-state index in [2.05, 4.69) is 46.1 Å². The molecule has 0 atom stereocenters. The number of hydrogen-bond acceptors (Lipinski definition) is 2. The number of allylic oxidation sites excluding steroid dienone is 1. The summed E-state index contributed by atoms with van der Waals surface area (Å²) in [5.41, 5.74) is 0.479. The van der Waals surface area contributed by atoms with Gasteiger partial charge >= 0.3 is 0 Å². The van der Waals surface area contributed by atoms with Gasteiger partial charge in [-0.2, -0.15) is 0 Å². The van der Waals surface area contributed by atoms with Gasteiger partial charge < -0.3 is 4.74 Å². The predicted molar refractivity (Wildman–Crippen MR) is 116 cm³/mol. The third kappa shape index (κ3) is 8.57. The van der Waals surface area contributed by atoms with Crippen molar-refractivity contribution >= 4 is 0 Å². The summed E-state index contributed by atoms with van der Waals surface area (Å²) >= 11 is 0. The second-order valence-corrected chi connectivity index (χ2v) is 9.58. The van der Waals surface area contributed by atoms with E-state index >= 15 is 0 Å². The topological polar surface area (TPSA) is 12.5 Å². The fourth-order valence-electron chi connectivity index (χ4n) is 4.79. The van der Waals surface area contributed by atoms with E-state index in [1.807, 2.05) is 6.08 Å². The molecule has 0 aromatic rings. The van der Waals surface area contributed by atoms with Crippen LogP contribution in [0.2, 0.25) is 0 Å². The minimum atomic E-state index is 0.239. The zero-order valence-electron chi connectivity index (χ0n) is 18.6. The predicted octanol–water partition coefficient (Wildman–Crippen LogP) is 7.13. The Hall–Kier alpha value is -0.340. The van der Waals surface area contributed by atoms with Gasteiger partial charge in [0, 0.05) is 17.7 Å². The van der Waals surface area contributed by atoms with Crippen LogP contribution < -0.4 is 0 Å². The number of ether oxygens (including phenoxy) is 1. The highest BCUT2D eigenvalue weighted by Gasteiger charge is 2.45. The standard InChI is InChI=1S/C24H47NO/c1-7-9-11-12-13-14-15-16-17-18-25-23(3,4)20-22(21-24(25,5)6)26-19-10-8-2/h7,22H,1,8-21H2,2-6H3. The lowest BCUT2D eigenvalue weighted by molar-refractivity contribution is -0.104. The van der Waals surface area contributed by atoms with Gasteiger partial charge in [0.05, 0.1) is 6.10 Å². The first kappa shape index (κ1) is 23.7. The number of piperidine rings is 1. The van der Waals surface area contributed by atoms with Gasteiger partial charge in [0.2, 0.25) is 0 Å². The van der Waals surface area contributed by atoms with Crippen LogP contribution in [0, 0.1) is 0 Å². The van der Waals surface area contributed by atoms with E-state index in [9.17, 15) is 0 Å². The zero-order valence-corrected chi connectivity index (χ0v) is 18.6. The van der Waals surface area contributed by atoms with E-state index in [1.54, 1.807) is 0 Å². The van der Waals surface area contributed by atoms with Crippen molar-refractivity contribution < 1.29 is 4.74 Å². The Labute approximate surface area is 164 Å². The fourth-order valence-corrected chi connectivity index (χ4v) is 4.79. The second kappa shape index (κ2) is 12.2. The lowest BCUT2D eigenvalue weighted by Crippen LogP contribution is -2.62. The van der Waals surface area contributed by atoms with Crippen LogP contribution in [0.5, 0.6) is 0 Å². The monoisotopic (exact) mass is 365 g/mol. The maximum Gasteiger partial charge on any atom is 0.0610 e. The number of rotatable bonds is 14. The molecule has 1 heterocycles. The van der Waals surface area contributed by atoms with Crippen molar-refractivity contribution in [3.05, 3.63) is 12.7 Å². The quantitative estimate of drug-likeness (QED) is 0.240. The molecule has 1 fully saturated rings. The summed E-state index contributed by atoms with van der Waals surface area (Å²) in [5.74, 6) is 0. The molecule has 1 aliphatic heterocycles. The van der Waals surface area contributed by atoms with E-state index in [1.165, 1.54) is 83.6 Å². The maximum absolute atomic E-state index is 6.21. The van der Waals surface area contributed by atoms with Gasteiger partial charge in [0.25, 0.3) is 0 Å². The molecular formula is C24H47NO. The second-order valence-electron chi connectivity index (χ2n) is 9.58. The number of unbranched alkanes of at least 4 members (excludes halogenated alkanes) is 8. The highest BCUT2D eigenvalue weighted by Crippen LogP contribution is 2.39. The molecule has 2 nitrogen and oxygen atoms in total. The molecule has 0 unspecified atom stereocenters. The van der Waals surface area contributed by atoms with Crippen molar-refractivity contribution in [2.45, 2.75) is 129 Å². The lowest BCUT2D eigenvalue weighted by atomic mass is 9.78. The van der Waals surface area contributed by atoms with Gasteiger partial charge in [-0.05, 0) is 72.8 Å². The average Bonchev–Trinajstić information content (AvgIpc) is 2.54. The van der Waals surface area contributed by atoms with E-state index in [4.69, 9.17) is 4.74 Å². The SMILES string of the molecule is C=CCCCCCCCCCN1C(C)(C)CC(OCCCC)CC1(C)C. The molecule has 0 radical (unpaired) electrons. The summed E-state index contributed by atoms with van der Waals surface area (Å²) in [6.07, 6.45) is 18.0. The van der Waals surface area contributed by atoms with E-state index in [0.717, 1.165) is 6.61 Å². The molecule has 0 aromatic heterocycles. The van der Waals surface area contributed by atoms with Gasteiger partial charge in [-0.15, -0.1) is 6.58 Å². The Balaban J connectivity index is 2.31. The summed E-state index contributed by atoms with van der Waals surface area (Å²) in [4.78, 5) is 2.77. The van der Waals surface area contributed by atoms with Gasteiger partial charge in [-0.1, -0.05) is 51.5 Å². The minimum absolute atomic E-state index is 0.239. The van der Waals surface area contributed by atoms with Gasteiger partial charge in [-0.3, -0.25) is 4.90 Å². The van der Waals surface area contributed by atoms with Crippen LogP contribution in [0.3, 0.4) is 0 Å². The largest absolute Gasteiger partial charge is 0.378 e. The van der Waals surface area contributed by atoms with E-state index < -0.39 is 0 Å². The first-order valence-electron chi connectivity index (χ1n) is 11.3. The normalized spacial score (nSPS) is 20.3. The molecule has 0 spiro atoms. The van der Waals surface area contributed by atoms with Gasteiger partial charge in [-0.25, -0.2) is 0 Å². The zero-order chi connectivity index (χ0) is 19.5. The number of hydrogen-bond donors (Lipinski definition) is 0. The molecular weight excluding hydrogens is 318 g/mol. The average molecular weight is 366 g/mol. The fraction of sp³-hybridized carbons (Fsp3) is 0.917. The molecule has 1 aliphatic rings. The van der Waals surface area contributed by atoms with Crippen LogP contribution in [0.1, 0.15) is 112 Å². The Morgan fingerprint density at radius 1 is 0.885 bits per heavy atom. The highest BCUT2D eigenvalue weighted by molar-refractivity contribution is 5.00. The molecule has 0 aliphatic carbocycles. The molecule has 2 heteroatoms. The summed E-state index contributed by atoms with van der Waals surface area (Å²) in [6, 6.07) is 0. The third-order valence-electron chi connectivity index (χ3n) is 6.06. The summed E-state index contributed by atoms with van der Waals surface area (Å²) < 4.78 is 6.21. The molecule has 26 heavy (non-hydrogen) atoms. The molecule has 0 aromatic carbocycles. The molecule has 0 bridgehead atoms. The minimum Gasteiger partial charge on any atom is -0.378 e. The lowest BCUT2D eigenvalue weighted by Gasteiger charge is -2.55. The van der Waals surface area contributed by atoms with Crippen molar-refractivity contribution in [2.75, 3.05) is 13.2 Å². The Morgan fingerprint density at radius 2 is 1.42 bits per heavy atom. The summed E-state index contributed by atoms with van der Waals surface area (Å²) in [5, 5.41) is 0. The van der Waals surface area contributed by atoms with Crippen LogP contribution in [0.15, 0.2) is 12.7 Å². The van der Waals surface area contributed by atoms with Crippen molar-refractivity contribution in [1.82, 2.24) is 4.90 Å². The van der Waals surface area contributed by atoms with E-state index in [0.29, 0.717) is 6.10 Å². The molecule has 0 saturated carbocycles. The molecule has 154 valence electrons. The first-order chi connectivity index (χ1) is 12.3. The maximum atomic E-state index is 6.21. The molecule has 1 rings (SSSR count). The van der Waals surface area contributed by atoms with Gasteiger partial charge in [0.1, 0.15) is 0 Å². The van der Waals surface area contributed by atoms with E-state index in [-0.39, 0.29) is 11.1 Å². The Morgan fingerprint density at radius 3 is 1.96 bits per heavy atom. The van der Waals surface area contributed by atoms with Gasteiger partial charge in [0.15, 0.2) is 0 Å². The molecule has 1 saturated heterocycles. The summed E-state index contributed by atoms with van der Waals surface area (Å²) in [6.45, 7) is 17.9. The van der Waals surface area contributed by atoms with Crippen molar-refractivity contribution in [3.8, 4) is 0 Å². The first-order valence-corrected chi connectivity index (χ1v) is 11.3. The Kier molecular flexibility index (Phi) is 11.1. The highest BCUT2D eigenvalue weighted by atomic mass is 16.5. The van der Waals surface area contributed by atoms with Crippen LogP contribution in [0.4, 0.5) is 0 Å². The van der Waals surface area contributed by atoms with Crippen LogP contribution in [-0.4, -0.2) is 35.2 Å². The smallest absolute Gasteiger partial charge is 0.0610 e. The molecule has 0 N–H and O–H groups in total. The molecule has 0 amide bonds. The third-order valence-corrected chi connectivity index (χ3v) is 6.06. The van der Waals surface area contributed by atoms with Crippen molar-refractivity contribution in [2.24, 2.45) is 0 Å². The van der Waals surface area contributed by atoms with Crippen molar-refractivity contribution in [1.29, 1.82) is 0 Å². The number of likely N-dealkylation sites (tertiary alicyclic amines) is 1. The van der Waals surface area contributed by atoms with Crippen LogP contribution >= 0.6 is 0 Å². The van der Waals surface area contributed by atoms with Crippen molar-refractivity contribution in [3.63, 3.8) is 0 Å². The Bertz CT molecular complexity index is 356. The summed E-state index contributed by atoms with van der Waals surface area (Å²) in [7, 11) is 0. The van der Waals surface area contributed by atoms with Crippen LogP contribution in [0.25, 0.3) is 0 Å². The number of nitrogens with zero attached hydrogens (tertiary/aromatic N) is 1.